The van der Waals surface area contributed by atoms with Gasteiger partial charge in [-0.15, -0.1) is 0 Å². The van der Waals surface area contributed by atoms with Gasteiger partial charge in [-0.05, 0) is 76.4 Å². The zero-order chi connectivity index (χ0) is 30.2. The highest BCUT2D eigenvalue weighted by Crippen LogP contribution is 2.30. The Balaban J connectivity index is 1.15. The lowest BCUT2D eigenvalue weighted by atomic mass is 10.0. The molecule has 0 spiro atoms. The summed E-state index contributed by atoms with van der Waals surface area (Å²) in [5.74, 6) is 0.448. The highest BCUT2D eigenvalue weighted by molar-refractivity contribution is 6.05. The number of rotatable bonds is 2. The Hall–Kier alpha value is -3.76. The van der Waals surface area contributed by atoms with E-state index in [2.05, 4.69) is 54.9 Å². The molecule has 10 nitrogen and oxygen atoms in total. The third kappa shape index (κ3) is 5.85. The summed E-state index contributed by atoms with van der Waals surface area (Å²) in [5.41, 5.74) is 7.62. The number of aromatic nitrogens is 5. The van der Waals surface area contributed by atoms with E-state index in [9.17, 15) is 4.79 Å². The lowest BCUT2D eigenvalue weighted by molar-refractivity contribution is 0.0982. The van der Waals surface area contributed by atoms with Crippen molar-refractivity contribution in [3.05, 3.63) is 53.5 Å². The molecule has 1 N–H and O–H groups in total. The van der Waals surface area contributed by atoms with E-state index >= 15 is 0 Å². The largest absolute Gasteiger partial charge is 0.371 e. The molecule has 3 aliphatic rings. The first-order valence-electron chi connectivity index (χ1n) is 16.4. The number of anilines is 2. The Morgan fingerprint density at radius 2 is 1.66 bits per heavy atom. The Kier molecular flexibility index (Phi) is 8.12. The number of pyridine rings is 1. The fourth-order valence-electron chi connectivity index (χ4n) is 7.31. The van der Waals surface area contributed by atoms with Gasteiger partial charge in [0.25, 0.3) is 5.91 Å². The number of piperazine rings is 1. The number of imidazole rings is 1. The van der Waals surface area contributed by atoms with Gasteiger partial charge < -0.3 is 14.4 Å². The van der Waals surface area contributed by atoms with Crippen molar-refractivity contribution in [2.45, 2.75) is 64.5 Å². The molecule has 6 heterocycles. The van der Waals surface area contributed by atoms with E-state index in [4.69, 9.17) is 9.97 Å². The van der Waals surface area contributed by atoms with Gasteiger partial charge in [-0.2, -0.15) is 5.10 Å². The van der Waals surface area contributed by atoms with Gasteiger partial charge in [0, 0.05) is 87.1 Å². The number of carbonyl (C=O) groups excluding carboxylic acids is 1. The molecule has 0 aliphatic carbocycles. The third-order valence-corrected chi connectivity index (χ3v) is 9.94. The van der Waals surface area contributed by atoms with E-state index in [0.29, 0.717) is 17.6 Å². The molecule has 44 heavy (non-hydrogen) atoms. The average Bonchev–Trinajstić information content (AvgIpc) is 3.57. The lowest BCUT2D eigenvalue weighted by Gasteiger charge is -2.42. The van der Waals surface area contributed by atoms with Gasteiger partial charge in [0.1, 0.15) is 0 Å². The molecular weight excluding hydrogens is 550 g/mol. The van der Waals surface area contributed by atoms with Crippen molar-refractivity contribution < 1.29 is 4.79 Å². The molecule has 3 aliphatic heterocycles. The zero-order valence-electron chi connectivity index (χ0n) is 26.4. The molecule has 1 aromatic carbocycles. The van der Waals surface area contributed by atoms with E-state index in [-0.39, 0.29) is 5.91 Å². The van der Waals surface area contributed by atoms with Crippen LogP contribution in [0.3, 0.4) is 0 Å². The number of nitrogens with one attached hydrogen (secondary N) is 1. The van der Waals surface area contributed by atoms with Crippen LogP contribution in [0, 0.1) is 6.92 Å². The smallest absolute Gasteiger partial charge is 0.258 e. The van der Waals surface area contributed by atoms with Crippen LogP contribution in [0.1, 0.15) is 60.3 Å². The summed E-state index contributed by atoms with van der Waals surface area (Å²) < 4.78 is 4.17. The maximum absolute atomic E-state index is 13.7. The van der Waals surface area contributed by atoms with E-state index in [1.807, 2.05) is 37.0 Å². The number of nitrogens with zero attached hydrogens (tertiary/aromatic N) is 8. The first-order chi connectivity index (χ1) is 21.4. The molecule has 0 unspecified atom stereocenters. The van der Waals surface area contributed by atoms with E-state index in [1.54, 1.807) is 0 Å². The Bertz CT molecular complexity index is 1640. The summed E-state index contributed by atoms with van der Waals surface area (Å²) in [6.45, 7) is 9.62. The van der Waals surface area contributed by atoms with Gasteiger partial charge >= 0.3 is 0 Å². The van der Waals surface area contributed by atoms with Crippen molar-refractivity contribution in [2.75, 3.05) is 56.5 Å². The van der Waals surface area contributed by atoms with Crippen LogP contribution in [-0.4, -0.2) is 92.4 Å². The maximum Gasteiger partial charge on any atom is 0.258 e. The van der Waals surface area contributed by atoms with Gasteiger partial charge in [0.2, 0.25) is 5.95 Å². The molecule has 2 fully saturated rings. The van der Waals surface area contributed by atoms with Crippen molar-refractivity contribution in [1.29, 1.82) is 0 Å². The fourth-order valence-corrected chi connectivity index (χ4v) is 7.31. The van der Waals surface area contributed by atoms with Crippen molar-refractivity contribution in [2.24, 2.45) is 7.05 Å². The van der Waals surface area contributed by atoms with Gasteiger partial charge in [-0.1, -0.05) is 12.8 Å². The molecule has 10 heteroatoms. The summed E-state index contributed by atoms with van der Waals surface area (Å²) in [5, 5.41) is 7.69. The number of carbonyl (C=O) groups is 1. The van der Waals surface area contributed by atoms with E-state index < -0.39 is 0 Å². The van der Waals surface area contributed by atoms with Gasteiger partial charge in [-0.3, -0.25) is 24.7 Å². The fraction of sp³-hybridized carbons (Fsp3) is 0.529. The number of benzene rings is 1. The zero-order valence-corrected chi connectivity index (χ0v) is 26.4. The van der Waals surface area contributed by atoms with Crippen LogP contribution in [-0.2, 0) is 20.0 Å². The molecule has 2 bridgehead atoms. The Labute approximate surface area is 260 Å². The number of likely N-dealkylation sites (N-methyl/N-ethyl adjacent to an activating group) is 1. The molecule has 3 aromatic heterocycles. The van der Waals surface area contributed by atoms with Crippen molar-refractivity contribution in [3.8, 4) is 11.3 Å². The second kappa shape index (κ2) is 12.3. The second-order valence-corrected chi connectivity index (χ2v) is 12.9. The summed E-state index contributed by atoms with van der Waals surface area (Å²) in [4.78, 5) is 31.1. The van der Waals surface area contributed by atoms with Crippen LogP contribution < -0.4 is 10.2 Å². The highest BCUT2D eigenvalue weighted by atomic mass is 16.1. The summed E-state index contributed by atoms with van der Waals surface area (Å²) >= 11 is 0. The van der Waals surface area contributed by atoms with Gasteiger partial charge in [-0.25, -0.2) is 4.98 Å². The number of hydrogen-bond donors (Lipinski definition) is 1. The SMILES string of the molecule is Cc1cc2cc(n1)-c1cnn(C)c1CCCCCCn1c(nc3ccc(N4CCC(N5CCN(C)CC5)CC4)cc31)NC2=O. The van der Waals surface area contributed by atoms with Gasteiger partial charge in [0.05, 0.1) is 22.9 Å². The topological polar surface area (TPSA) is 87.3 Å². The Morgan fingerprint density at radius 1 is 0.864 bits per heavy atom. The molecule has 0 radical (unpaired) electrons. The molecule has 1 amide bonds. The minimum absolute atomic E-state index is 0.167. The minimum Gasteiger partial charge on any atom is -0.371 e. The molecule has 0 saturated carbocycles. The summed E-state index contributed by atoms with van der Waals surface area (Å²) in [6, 6.07) is 11.1. The summed E-state index contributed by atoms with van der Waals surface area (Å²) in [7, 11) is 4.22. The minimum atomic E-state index is -0.167. The quantitative estimate of drug-likeness (QED) is 0.359. The van der Waals surface area contributed by atoms with E-state index in [1.165, 1.54) is 50.4 Å². The van der Waals surface area contributed by atoms with Crippen LogP contribution in [0.25, 0.3) is 22.3 Å². The first-order valence-corrected chi connectivity index (χ1v) is 16.4. The molecule has 0 atom stereocenters. The predicted molar refractivity (Wildman–Crippen MR) is 175 cm³/mol. The number of fused-ring (bicyclic) bond motifs is 7. The molecule has 4 aromatic rings. The number of piperidine rings is 1. The normalized spacial score (nSPS) is 19.7. The monoisotopic (exact) mass is 595 g/mol. The summed E-state index contributed by atoms with van der Waals surface area (Å²) in [6.07, 6.45) is 9.60. The van der Waals surface area contributed by atoms with Gasteiger partial charge in [0.15, 0.2) is 0 Å². The van der Waals surface area contributed by atoms with Crippen LogP contribution in [0.15, 0.2) is 36.5 Å². The van der Waals surface area contributed by atoms with Crippen LogP contribution >= 0.6 is 0 Å². The predicted octanol–water partition coefficient (Wildman–Crippen LogP) is 4.73. The number of aryl methyl sites for hydroxylation is 3. The first kappa shape index (κ1) is 29.0. The van der Waals surface area contributed by atoms with Crippen LogP contribution in [0.2, 0.25) is 0 Å². The average molecular weight is 596 g/mol. The molecular formula is C34H45N9O. The maximum atomic E-state index is 13.7. The third-order valence-electron chi connectivity index (χ3n) is 9.94. The number of hydrogen-bond acceptors (Lipinski definition) is 7. The van der Waals surface area contributed by atoms with Crippen molar-refractivity contribution in [1.82, 2.24) is 34.1 Å². The van der Waals surface area contributed by atoms with Crippen molar-refractivity contribution >= 4 is 28.6 Å². The van der Waals surface area contributed by atoms with Crippen LogP contribution in [0.4, 0.5) is 11.6 Å². The van der Waals surface area contributed by atoms with E-state index in [0.717, 1.165) is 79.7 Å². The molecule has 2 saturated heterocycles. The molecule has 232 valence electrons. The highest BCUT2D eigenvalue weighted by Gasteiger charge is 2.27. The van der Waals surface area contributed by atoms with Crippen molar-refractivity contribution in [3.63, 3.8) is 0 Å². The number of amides is 1. The lowest BCUT2D eigenvalue weighted by Crippen LogP contribution is -2.52. The Morgan fingerprint density at radius 3 is 2.48 bits per heavy atom. The van der Waals surface area contributed by atoms with Crippen LogP contribution in [0.5, 0.6) is 0 Å². The second-order valence-electron chi connectivity index (χ2n) is 12.9. The molecule has 7 rings (SSSR count). The standard InChI is InChI=1S/C34H45N9O/c1-24-20-25-21-30(36-24)28-23-35-40(3)31(28)8-6-4-5-7-13-43-32-22-27(9-10-29(32)37-34(43)38-33(25)44)41-14-11-26(12-15-41)42-18-16-39(2)17-19-42/h9-10,20-23,26H,4-8,11-19H2,1-3H3,(H,37,38,44).